The lowest BCUT2D eigenvalue weighted by molar-refractivity contribution is -0.138. The Kier molecular flexibility index (Phi) is 7.44. The molecule has 0 bridgehead atoms. The van der Waals surface area contributed by atoms with Crippen LogP contribution in [0.5, 0.6) is 0 Å². The Morgan fingerprint density at radius 3 is 2.47 bits per heavy atom. The van der Waals surface area contributed by atoms with Crippen molar-refractivity contribution in [1.82, 2.24) is 16.0 Å². The van der Waals surface area contributed by atoms with E-state index in [0.29, 0.717) is 13.2 Å². The van der Waals surface area contributed by atoms with Crippen molar-refractivity contribution >= 4 is 17.9 Å². The fraction of sp³-hybridized carbons (Fsp3) is 0.667. The van der Waals surface area contributed by atoms with Gasteiger partial charge < -0.3 is 25.8 Å². The fourth-order valence-electron chi connectivity index (χ4n) is 0.825. The number of urea groups is 1. The van der Waals surface area contributed by atoms with Gasteiger partial charge in [-0.15, -0.1) is 0 Å². The number of hydrogen-bond donors (Lipinski definition) is 4. The number of methoxy groups -OCH3 is 1. The summed E-state index contributed by atoms with van der Waals surface area (Å²) in [5.74, 6) is -1.52. The van der Waals surface area contributed by atoms with E-state index in [2.05, 4.69) is 16.0 Å². The molecule has 8 heteroatoms. The first kappa shape index (κ1) is 15.2. The molecule has 98 valence electrons. The van der Waals surface area contributed by atoms with Crippen molar-refractivity contribution in [3.05, 3.63) is 0 Å². The van der Waals surface area contributed by atoms with Crippen LogP contribution in [0.1, 0.15) is 6.92 Å². The highest BCUT2D eigenvalue weighted by Crippen LogP contribution is 1.80. The maximum absolute atomic E-state index is 11.1. The van der Waals surface area contributed by atoms with Crippen molar-refractivity contribution in [3.63, 3.8) is 0 Å². The minimum absolute atomic E-state index is 0.220. The van der Waals surface area contributed by atoms with Gasteiger partial charge in [0.2, 0.25) is 5.91 Å². The van der Waals surface area contributed by atoms with E-state index in [0.717, 1.165) is 0 Å². The molecule has 0 saturated carbocycles. The van der Waals surface area contributed by atoms with Crippen LogP contribution in [0.25, 0.3) is 0 Å². The first-order valence-electron chi connectivity index (χ1n) is 5.00. The number of hydrogen-bond acceptors (Lipinski definition) is 4. The van der Waals surface area contributed by atoms with Gasteiger partial charge in [0.15, 0.2) is 0 Å². The van der Waals surface area contributed by atoms with Crippen LogP contribution >= 0.6 is 0 Å². The van der Waals surface area contributed by atoms with Gasteiger partial charge in [0.05, 0.1) is 13.2 Å². The monoisotopic (exact) mass is 247 g/mol. The maximum atomic E-state index is 11.1. The van der Waals surface area contributed by atoms with Crippen LogP contribution < -0.4 is 16.0 Å². The minimum atomic E-state index is -1.15. The molecule has 0 radical (unpaired) electrons. The molecule has 0 aliphatic carbocycles. The molecule has 8 nitrogen and oxygen atoms in total. The lowest BCUT2D eigenvalue weighted by Gasteiger charge is -2.10. The number of amides is 3. The van der Waals surface area contributed by atoms with Gasteiger partial charge >= 0.3 is 12.0 Å². The third-order valence-corrected chi connectivity index (χ3v) is 1.76. The summed E-state index contributed by atoms with van der Waals surface area (Å²) in [6.07, 6.45) is 0. The summed E-state index contributed by atoms with van der Waals surface area (Å²) >= 11 is 0. The van der Waals surface area contributed by atoms with Gasteiger partial charge in [-0.05, 0) is 6.92 Å². The Bertz CT molecular complexity index is 282. The standard InChI is InChI=1S/C9H17N3O5/c1-6(8(14)15)12-9(16)11-5-7(13)10-3-4-17-2/h6H,3-5H2,1-2H3,(H,10,13)(H,14,15)(H2,11,12,16). The summed E-state index contributed by atoms with van der Waals surface area (Å²) < 4.78 is 4.72. The second-order valence-corrected chi connectivity index (χ2v) is 3.23. The number of nitrogens with one attached hydrogen (secondary N) is 3. The van der Waals surface area contributed by atoms with Crippen LogP contribution in [0.3, 0.4) is 0 Å². The van der Waals surface area contributed by atoms with E-state index in [1.807, 2.05) is 0 Å². The first-order valence-corrected chi connectivity index (χ1v) is 5.00. The Morgan fingerprint density at radius 2 is 1.94 bits per heavy atom. The third-order valence-electron chi connectivity index (χ3n) is 1.76. The highest BCUT2D eigenvalue weighted by Gasteiger charge is 2.13. The van der Waals surface area contributed by atoms with Crippen molar-refractivity contribution in [2.75, 3.05) is 26.8 Å². The molecule has 4 N–H and O–H groups in total. The molecule has 0 aliphatic heterocycles. The van der Waals surface area contributed by atoms with Crippen LogP contribution in [0.15, 0.2) is 0 Å². The van der Waals surface area contributed by atoms with Crippen molar-refractivity contribution in [2.45, 2.75) is 13.0 Å². The Labute approximate surface area is 98.7 Å². The minimum Gasteiger partial charge on any atom is -0.480 e. The van der Waals surface area contributed by atoms with Crippen molar-refractivity contribution in [3.8, 4) is 0 Å². The summed E-state index contributed by atoms with van der Waals surface area (Å²) in [5.41, 5.74) is 0. The zero-order valence-corrected chi connectivity index (χ0v) is 9.78. The van der Waals surface area contributed by atoms with Crippen molar-refractivity contribution in [2.24, 2.45) is 0 Å². The molecular formula is C9H17N3O5. The van der Waals surface area contributed by atoms with E-state index in [4.69, 9.17) is 9.84 Å². The second kappa shape index (κ2) is 8.34. The first-order chi connectivity index (χ1) is 7.97. The highest BCUT2D eigenvalue weighted by molar-refractivity contribution is 5.86. The molecule has 17 heavy (non-hydrogen) atoms. The third kappa shape index (κ3) is 8.03. The Balaban J connectivity index is 3.69. The maximum Gasteiger partial charge on any atom is 0.325 e. The summed E-state index contributed by atoms with van der Waals surface area (Å²) in [5, 5.41) is 15.4. The number of rotatable bonds is 7. The summed E-state index contributed by atoms with van der Waals surface area (Å²) in [6, 6.07) is -1.71. The molecule has 3 amide bonds. The van der Waals surface area contributed by atoms with E-state index in [-0.39, 0.29) is 12.5 Å². The van der Waals surface area contributed by atoms with Crippen LogP contribution in [-0.2, 0) is 14.3 Å². The molecule has 0 fully saturated rings. The van der Waals surface area contributed by atoms with Crippen LogP contribution in [0, 0.1) is 0 Å². The van der Waals surface area contributed by atoms with E-state index in [9.17, 15) is 14.4 Å². The number of carbonyl (C=O) groups excluding carboxylic acids is 2. The molecule has 0 aromatic carbocycles. The summed E-state index contributed by atoms with van der Waals surface area (Å²) in [4.78, 5) is 32.6. The lowest BCUT2D eigenvalue weighted by Crippen LogP contribution is -2.47. The number of ether oxygens (including phenoxy) is 1. The molecule has 0 aromatic heterocycles. The molecule has 1 unspecified atom stereocenters. The van der Waals surface area contributed by atoms with E-state index < -0.39 is 18.0 Å². The molecule has 0 spiro atoms. The van der Waals surface area contributed by atoms with E-state index in [1.165, 1.54) is 14.0 Å². The van der Waals surface area contributed by atoms with Gasteiger partial charge in [0.25, 0.3) is 0 Å². The van der Waals surface area contributed by atoms with Gasteiger partial charge in [-0.3, -0.25) is 9.59 Å². The topological polar surface area (TPSA) is 117 Å². The van der Waals surface area contributed by atoms with E-state index in [1.54, 1.807) is 0 Å². The predicted octanol–water partition coefficient (Wildman–Crippen LogP) is -1.48. The SMILES string of the molecule is COCCNC(=O)CNC(=O)NC(C)C(=O)O. The Morgan fingerprint density at radius 1 is 1.29 bits per heavy atom. The molecule has 0 aliphatic rings. The number of aliphatic carboxylic acids is 1. The molecule has 0 heterocycles. The summed E-state index contributed by atoms with van der Waals surface area (Å²) in [6.45, 7) is 1.83. The lowest BCUT2D eigenvalue weighted by atomic mass is 10.3. The van der Waals surface area contributed by atoms with Gasteiger partial charge in [-0.25, -0.2) is 4.79 Å². The number of carboxylic acid groups (broad SMARTS) is 1. The molecule has 0 saturated heterocycles. The highest BCUT2D eigenvalue weighted by atomic mass is 16.5. The second-order valence-electron chi connectivity index (χ2n) is 3.23. The van der Waals surface area contributed by atoms with Crippen molar-refractivity contribution < 1.29 is 24.2 Å². The number of carbonyl (C=O) groups is 3. The average Bonchev–Trinajstić information content (AvgIpc) is 2.26. The van der Waals surface area contributed by atoms with Gasteiger partial charge in [0, 0.05) is 13.7 Å². The van der Waals surface area contributed by atoms with Gasteiger partial charge in [-0.2, -0.15) is 0 Å². The zero-order chi connectivity index (χ0) is 13.3. The average molecular weight is 247 g/mol. The predicted molar refractivity (Wildman–Crippen MR) is 58.5 cm³/mol. The normalized spacial score (nSPS) is 11.4. The van der Waals surface area contributed by atoms with Crippen LogP contribution in [-0.4, -0.2) is 55.9 Å². The zero-order valence-electron chi connectivity index (χ0n) is 9.78. The molecular weight excluding hydrogens is 230 g/mol. The smallest absolute Gasteiger partial charge is 0.325 e. The Hall–Kier alpha value is -1.83. The van der Waals surface area contributed by atoms with Gasteiger partial charge in [-0.1, -0.05) is 0 Å². The molecule has 0 rings (SSSR count). The van der Waals surface area contributed by atoms with Crippen LogP contribution in [0.4, 0.5) is 4.79 Å². The summed E-state index contributed by atoms with van der Waals surface area (Å²) in [7, 11) is 1.51. The van der Waals surface area contributed by atoms with E-state index >= 15 is 0 Å². The van der Waals surface area contributed by atoms with Crippen molar-refractivity contribution in [1.29, 1.82) is 0 Å². The quantitative estimate of drug-likeness (QED) is 0.409. The number of carboxylic acids is 1. The molecule has 1 atom stereocenters. The molecule has 0 aromatic rings. The van der Waals surface area contributed by atoms with Gasteiger partial charge in [0.1, 0.15) is 6.04 Å². The fourth-order valence-corrected chi connectivity index (χ4v) is 0.825. The van der Waals surface area contributed by atoms with Crippen LogP contribution in [0.2, 0.25) is 0 Å². The largest absolute Gasteiger partial charge is 0.480 e.